The maximum absolute atomic E-state index is 12.5. The van der Waals surface area contributed by atoms with Crippen LogP contribution in [0.25, 0.3) is 0 Å². The third-order valence-electron chi connectivity index (χ3n) is 3.89. The molecule has 0 saturated carbocycles. The van der Waals surface area contributed by atoms with E-state index in [9.17, 15) is 4.79 Å². The van der Waals surface area contributed by atoms with E-state index in [2.05, 4.69) is 20.6 Å². The number of hydrogen-bond donors (Lipinski definition) is 2. The Morgan fingerprint density at radius 3 is 2.29 bits per heavy atom. The molecule has 28 heavy (non-hydrogen) atoms. The predicted octanol–water partition coefficient (Wildman–Crippen LogP) is 3.50. The highest BCUT2D eigenvalue weighted by Gasteiger charge is 2.11. The van der Waals surface area contributed by atoms with E-state index >= 15 is 0 Å². The van der Waals surface area contributed by atoms with Crippen LogP contribution < -0.4 is 24.8 Å². The van der Waals surface area contributed by atoms with E-state index in [1.54, 1.807) is 63.8 Å². The van der Waals surface area contributed by atoms with Crippen molar-refractivity contribution >= 4 is 23.2 Å². The summed E-state index contributed by atoms with van der Waals surface area (Å²) in [5, 5.41) is 5.83. The lowest BCUT2D eigenvalue weighted by Gasteiger charge is -2.12. The Labute approximate surface area is 162 Å². The number of carbonyl (C=O) groups excluding carboxylic acids is 1. The highest BCUT2D eigenvalue weighted by Crippen LogP contribution is 2.30. The Morgan fingerprint density at radius 1 is 0.893 bits per heavy atom. The summed E-state index contributed by atoms with van der Waals surface area (Å²) >= 11 is 0. The first-order chi connectivity index (χ1) is 13.6. The van der Waals surface area contributed by atoms with Crippen LogP contribution >= 0.6 is 0 Å². The van der Waals surface area contributed by atoms with Crippen LogP contribution in [0.2, 0.25) is 0 Å². The SMILES string of the molecule is COc1ccc(NC(=O)c2ccnc(Nc3ccc(OC)cc3OC)n2)cc1. The van der Waals surface area contributed by atoms with Crippen molar-refractivity contribution in [1.82, 2.24) is 9.97 Å². The van der Waals surface area contributed by atoms with Crippen molar-refractivity contribution in [3.05, 3.63) is 60.4 Å². The molecule has 0 unspecified atom stereocenters. The van der Waals surface area contributed by atoms with Gasteiger partial charge in [-0.2, -0.15) is 0 Å². The molecule has 1 amide bonds. The van der Waals surface area contributed by atoms with Crippen molar-refractivity contribution in [3.8, 4) is 17.2 Å². The molecule has 1 heterocycles. The van der Waals surface area contributed by atoms with Crippen LogP contribution in [0.15, 0.2) is 54.7 Å². The van der Waals surface area contributed by atoms with Crippen molar-refractivity contribution in [2.75, 3.05) is 32.0 Å². The van der Waals surface area contributed by atoms with Crippen molar-refractivity contribution in [3.63, 3.8) is 0 Å². The normalized spacial score (nSPS) is 10.1. The van der Waals surface area contributed by atoms with Gasteiger partial charge in [0, 0.05) is 18.0 Å². The van der Waals surface area contributed by atoms with Crippen LogP contribution in [-0.4, -0.2) is 37.2 Å². The Morgan fingerprint density at radius 2 is 1.61 bits per heavy atom. The molecule has 2 aromatic carbocycles. The zero-order valence-electron chi connectivity index (χ0n) is 15.7. The quantitative estimate of drug-likeness (QED) is 0.648. The second kappa shape index (κ2) is 8.72. The van der Waals surface area contributed by atoms with E-state index in [0.717, 1.165) is 0 Å². The average Bonchev–Trinajstić information content (AvgIpc) is 2.74. The molecule has 0 spiro atoms. The van der Waals surface area contributed by atoms with Gasteiger partial charge in [0.1, 0.15) is 22.9 Å². The van der Waals surface area contributed by atoms with Crippen molar-refractivity contribution < 1.29 is 19.0 Å². The second-order valence-corrected chi connectivity index (χ2v) is 5.64. The van der Waals surface area contributed by atoms with Gasteiger partial charge in [-0.25, -0.2) is 9.97 Å². The summed E-state index contributed by atoms with van der Waals surface area (Å²) in [6.45, 7) is 0. The highest BCUT2D eigenvalue weighted by atomic mass is 16.5. The van der Waals surface area contributed by atoms with Crippen molar-refractivity contribution in [1.29, 1.82) is 0 Å². The van der Waals surface area contributed by atoms with Gasteiger partial charge in [-0.15, -0.1) is 0 Å². The van der Waals surface area contributed by atoms with Gasteiger partial charge in [0.05, 0.1) is 27.0 Å². The molecular weight excluding hydrogens is 360 g/mol. The maximum atomic E-state index is 12.5. The number of amides is 1. The molecule has 3 rings (SSSR count). The number of ether oxygens (including phenoxy) is 3. The lowest BCUT2D eigenvalue weighted by atomic mass is 10.2. The standard InChI is InChI=1S/C20H20N4O4/c1-26-14-6-4-13(5-7-14)22-19(25)17-10-11-21-20(24-17)23-16-9-8-15(27-2)12-18(16)28-3/h4-12H,1-3H3,(H,22,25)(H,21,23,24). The van der Waals surface area contributed by atoms with Crippen LogP contribution in [0.1, 0.15) is 10.5 Å². The third kappa shape index (κ3) is 4.47. The fourth-order valence-corrected chi connectivity index (χ4v) is 2.44. The van der Waals surface area contributed by atoms with E-state index in [1.807, 2.05) is 0 Å². The largest absolute Gasteiger partial charge is 0.497 e. The predicted molar refractivity (Wildman–Crippen MR) is 106 cm³/mol. The lowest BCUT2D eigenvalue weighted by Crippen LogP contribution is -2.14. The number of hydrogen-bond acceptors (Lipinski definition) is 7. The van der Waals surface area contributed by atoms with E-state index in [4.69, 9.17) is 14.2 Å². The molecule has 144 valence electrons. The number of methoxy groups -OCH3 is 3. The number of benzene rings is 2. The molecular formula is C20H20N4O4. The van der Waals surface area contributed by atoms with Gasteiger partial charge in [0.25, 0.3) is 5.91 Å². The number of carbonyl (C=O) groups is 1. The minimum atomic E-state index is -0.350. The number of anilines is 3. The molecule has 0 atom stereocenters. The third-order valence-corrected chi connectivity index (χ3v) is 3.89. The summed E-state index contributed by atoms with van der Waals surface area (Å²) in [7, 11) is 4.72. The molecule has 2 N–H and O–H groups in total. The summed E-state index contributed by atoms with van der Waals surface area (Å²) in [4.78, 5) is 20.9. The second-order valence-electron chi connectivity index (χ2n) is 5.64. The first-order valence-corrected chi connectivity index (χ1v) is 8.40. The van der Waals surface area contributed by atoms with Gasteiger partial charge >= 0.3 is 0 Å². The zero-order valence-corrected chi connectivity index (χ0v) is 15.7. The molecule has 0 aliphatic rings. The summed E-state index contributed by atoms with van der Waals surface area (Å²) in [5.41, 5.74) is 1.51. The van der Waals surface area contributed by atoms with Gasteiger partial charge in [-0.05, 0) is 42.5 Å². The van der Waals surface area contributed by atoms with Crippen LogP contribution in [0.4, 0.5) is 17.3 Å². The topological polar surface area (TPSA) is 94.6 Å². The van der Waals surface area contributed by atoms with Crippen molar-refractivity contribution in [2.24, 2.45) is 0 Å². The lowest BCUT2D eigenvalue weighted by molar-refractivity contribution is 0.102. The van der Waals surface area contributed by atoms with Crippen LogP contribution in [0, 0.1) is 0 Å². The average molecular weight is 380 g/mol. The fraction of sp³-hybridized carbons (Fsp3) is 0.150. The Balaban J connectivity index is 1.75. The van der Waals surface area contributed by atoms with Crippen LogP contribution in [0.3, 0.4) is 0 Å². The number of aromatic nitrogens is 2. The molecule has 0 radical (unpaired) electrons. The Kier molecular flexibility index (Phi) is 5.91. The van der Waals surface area contributed by atoms with E-state index in [0.29, 0.717) is 28.6 Å². The summed E-state index contributed by atoms with van der Waals surface area (Å²) in [6.07, 6.45) is 1.51. The van der Waals surface area contributed by atoms with E-state index < -0.39 is 0 Å². The minimum absolute atomic E-state index is 0.223. The van der Waals surface area contributed by atoms with Gasteiger partial charge in [0.2, 0.25) is 5.95 Å². The molecule has 0 bridgehead atoms. The Hall–Kier alpha value is -3.81. The van der Waals surface area contributed by atoms with Gasteiger partial charge in [0.15, 0.2) is 0 Å². The van der Waals surface area contributed by atoms with E-state index in [1.165, 1.54) is 12.3 Å². The summed E-state index contributed by atoms with van der Waals surface area (Å²) in [6, 6.07) is 13.9. The first kappa shape index (κ1) is 19.0. The number of nitrogens with one attached hydrogen (secondary N) is 2. The summed E-state index contributed by atoms with van der Waals surface area (Å²) < 4.78 is 15.6. The zero-order chi connectivity index (χ0) is 19.9. The van der Waals surface area contributed by atoms with Crippen molar-refractivity contribution in [2.45, 2.75) is 0 Å². The van der Waals surface area contributed by atoms with Gasteiger partial charge < -0.3 is 24.8 Å². The smallest absolute Gasteiger partial charge is 0.274 e. The first-order valence-electron chi connectivity index (χ1n) is 8.40. The van der Waals surface area contributed by atoms with Crippen LogP contribution in [-0.2, 0) is 0 Å². The Bertz CT molecular complexity index is 961. The monoisotopic (exact) mass is 380 g/mol. The summed E-state index contributed by atoms with van der Waals surface area (Å²) in [5.74, 6) is 1.86. The molecule has 1 aromatic heterocycles. The number of rotatable bonds is 7. The van der Waals surface area contributed by atoms with Crippen LogP contribution in [0.5, 0.6) is 17.2 Å². The fourth-order valence-electron chi connectivity index (χ4n) is 2.44. The number of nitrogens with zero attached hydrogens (tertiary/aromatic N) is 2. The van der Waals surface area contributed by atoms with Gasteiger partial charge in [-0.3, -0.25) is 4.79 Å². The molecule has 0 aliphatic carbocycles. The van der Waals surface area contributed by atoms with E-state index in [-0.39, 0.29) is 17.5 Å². The molecule has 3 aromatic rings. The molecule has 0 aliphatic heterocycles. The molecule has 0 saturated heterocycles. The molecule has 8 heteroatoms. The maximum Gasteiger partial charge on any atom is 0.274 e. The molecule has 0 fully saturated rings. The van der Waals surface area contributed by atoms with Gasteiger partial charge in [-0.1, -0.05) is 0 Å². The molecule has 8 nitrogen and oxygen atoms in total. The highest BCUT2D eigenvalue weighted by molar-refractivity contribution is 6.03. The minimum Gasteiger partial charge on any atom is -0.497 e.